The molecule has 1 aliphatic carbocycles. The summed E-state index contributed by atoms with van der Waals surface area (Å²) in [6.07, 6.45) is 5.62. The number of carbonyl (C=O) groups is 1. The van der Waals surface area contributed by atoms with E-state index in [1.807, 2.05) is 38.1 Å². The van der Waals surface area contributed by atoms with Crippen LogP contribution in [0.15, 0.2) is 52.5 Å². The number of thiophene rings is 1. The highest BCUT2D eigenvalue weighted by atomic mass is 35.5. The molecule has 1 aliphatic rings. The summed E-state index contributed by atoms with van der Waals surface area (Å²) in [5.74, 6) is 0.447. The van der Waals surface area contributed by atoms with Gasteiger partial charge < -0.3 is 0 Å². The number of nitrogens with zero attached hydrogens (tertiary/aromatic N) is 3. The van der Waals surface area contributed by atoms with E-state index in [1.165, 1.54) is 27.4 Å². The van der Waals surface area contributed by atoms with E-state index >= 15 is 0 Å². The molecule has 0 saturated carbocycles. The van der Waals surface area contributed by atoms with Gasteiger partial charge in [-0.25, -0.2) is 14.5 Å². The van der Waals surface area contributed by atoms with Crippen molar-refractivity contribution >= 4 is 50.7 Å². The average molecular weight is 496 g/mol. The zero-order chi connectivity index (χ0) is 23.1. The zero-order valence-corrected chi connectivity index (χ0v) is 20.7. The Hall–Kier alpha value is -2.48. The second kappa shape index (κ2) is 9.05. The number of ketones is 1. The first kappa shape index (κ1) is 22.3. The summed E-state index contributed by atoms with van der Waals surface area (Å²) >= 11 is 8.93. The predicted octanol–water partition coefficient (Wildman–Crippen LogP) is 6.05. The van der Waals surface area contributed by atoms with Gasteiger partial charge in [0, 0.05) is 16.6 Å². The molecule has 0 N–H and O–H groups in total. The number of fused-ring (bicyclic) bond motifs is 3. The van der Waals surface area contributed by atoms with E-state index in [4.69, 9.17) is 16.6 Å². The highest BCUT2D eigenvalue weighted by Crippen LogP contribution is 2.36. The molecule has 4 aromatic rings. The van der Waals surface area contributed by atoms with E-state index in [0.29, 0.717) is 26.9 Å². The fourth-order valence-corrected chi connectivity index (χ4v) is 6.54. The van der Waals surface area contributed by atoms with Crippen molar-refractivity contribution in [3.05, 3.63) is 79.5 Å². The molecule has 5 nitrogen and oxygen atoms in total. The molecule has 3 heterocycles. The third-order valence-corrected chi connectivity index (χ3v) is 8.35. The van der Waals surface area contributed by atoms with Crippen molar-refractivity contribution in [2.75, 3.05) is 0 Å². The molecule has 3 aromatic heterocycles. The molecule has 168 valence electrons. The number of thioether (sulfide) groups is 1. The van der Waals surface area contributed by atoms with Crippen LogP contribution in [-0.2, 0) is 12.8 Å². The van der Waals surface area contributed by atoms with Gasteiger partial charge in [-0.15, -0.1) is 11.3 Å². The molecular formula is C25H22ClN3O2S2. The Labute approximate surface area is 204 Å². The van der Waals surface area contributed by atoms with Crippen LogP contribution in [0.4, 0.5) is 0 Å². The van der Waals surface area contributed by atoms with Crippen molar-refractivity contribution in [3.8, 4) is 5.82 Å². The third kappa shape index (κ3) is 4.25. The van der Waals surface area contributed by atoms with E-state index < -0.39 is 5.25 Å². The van der Waals surface area contributed by atoms with Gasteiger partial charge in [-0.3, -0.25) is 9.59 Å². The van der Waals surface area contributed by atoms with E-state index in [1.54, 1.807) is 23.5 Å². The Balaban J connectivity index is 1.63. The molecule has 33 heavy (non-hydrogen) atoms. The second-order valence-corrected chi connectivity index (χ2v) is 11.1. The number of aryl methyl sites for hydroxylation is 3. The van der Waals surface area contributed by atoms with Crippen LogP contribution < -0.4 is 5.56 Å². The first-order valence-electron chi connectivity index (χ1n) is 10.9. The van der Waals surface area contributed by atoms with E-state index in [9.17, 15) is 9.59 Å². The fraction of sp³-hybridized carbons (Fsp3) is 0.280. The van der Waals surface area contributed by atoms with Gasteiger partial charge >= 0.3 is 0 Å². The van der Waals surface area contributed by atoms with Crippen molar-refractivity contribution in [3.63, 3.8) is 0 Å². The Morgan fingerprint density at radius 2 is 1.91 bits per heavy atom. The molecule has 8 heteroatoms. The third-order valence-electron chi connectivity index (χ3n) is 5.89. The maximum atomic E-state index is 13.8. The van der Waals surface area contributed by atoms with Gasteiger partial charge in [-0.05, 0) is 57.2 Å². The second-order valence-electron chi connectivity index (χ2n) is 8.25. The lowest BCUT2D eigenvalue weighted by molar-refractivity contribution is 0.0994. The fourth-order valence-electron chi connectivity index (χ4n) is 4.13. The summed E-state index contributed by atoms with van der Waals surface area (Å²) in [7, 11) is 0. The molecule has 1 atom stereocenters. The van der Waals surface area contributed by atoms with Crippen LogP contribution >= 0.6 is 34.7 Å². The molecule has 0 spiro atoms. The highest BCUT2D eigenvalue weighted by molar-refractivity contribution is 8.00. The number of Topliss-reactive ketones (excluding diaryl/α,β-unsaturated/α-hetero) is 1. The Morgan fingerprint density at radius 1 is 1.15 bits per heavy atom. The minimum atomic E-state index is -0.426. The number of aromatic nitrogens is 3. The molecule has 0 saturated heterocycles. The minimum absolute atomic E-state index is 0.00423. The molecule has 0 bridgehead atoms. The van der Waals surface area contributed by atoms with Crippen LogP contribution in [0.5, 0.6) is 0 Å². The Kier molecular flexibility index (Phi) is 6.12. The summed E-state index contributed by atoms with van der Waals surface area (Å²) in [6.45, 7) is 3.84. The number of hydrogen-bond acceptors (Lipinski definition) is 6. The Morgan fingerprint density at radius 3 is 2.64 bits per heavy atom. The van der Waals surface area contributed by atoms with Crippen LogP contribution in [0.3, 0.4) is 0 Å². The van der Waals surface area contributed by atoms with Gasteiger partial charge in [0.05, 0.1) is 15.7 Å². The van der Waals surface area contributed by atoms with E-state index in [-0.39, 0.29) is 11.3 Å². The molecule has 0 aliphatic heterocycles. The molecular weight excluding hydrogens is 474 g/mol. The van der Waals surface area contributed by atoms with Crippen LogP contribution in [0.2, 0.25) is 5.02 Å². The van der Waals surface area contributed by atoms with Crippen molar-refractivity contribution in [1.82, 2.24) is 14.5 Å². The van der Waals surface area contributed by atoms with Gasteiger partial charge in [-0.2, -0.15) is 0 Å². The van der Waals surface area contributed by atoms with Crippen molar-refractivity contribution in [2.24, 2.45) is 0 Å². The van der Waals surface area contributed by atoms with Gasteiger partial charge in [0.25, 0.3) is 5.56 Å². The normalized spacial score (nSPS) is 14.3. The van der Waals surface area contributed by atoms with Crippen molar-refractivity contribution in [2.45, 2.75) is 49.9 Å². The van der Waals surface area contributed by atoms with Crippen LogP contribution in [0.25, 0.3) is 16.0 Å². The van der Waals surface area contributed by atoms with Crippen molar-refractivity contribution < 1.29 is 4.79 Å². The topological polar surface area (TPSA) is 64.8 Å². The zero-order valence-electron chi connectivity index (χ0n) is 18.3. The van der Waals surface area contributed by atoms with Gasteiger partial charge in [0.1, 0.15) is 10.6 Å². The SMILES string of the molecule is Cc1ccc(C(=O)C(C)Sc2nc3sc4c(c3c(=O)n2-c2ccc(Cl)cn2)CCCC4)cc1. The summed E-state index contributed by atoms with van der Waals surface area (Å²) < 4.78 is 1.53. The first-order chi connectivity index (χ1) is 15.9. The van der Waals surface area contributed by atoms with Gasteiger partial charge in [0.2, 0.25) is 0 Å². The molecule has 0 fully saturated rings. The van der Waals surface area contributed by atoms with Gasteiger partial charge in [-0.1, -0.05) is 53.2 Å². The van der Waals surface area contributed by atoms with E-state index in [2.05, 4.69) is 4.98 Å². The lowest BCUT2D eigenvalue weighted by Gasteiger charge is -2.15. The largest absolute Gasteiger partial charge is 0.293 e. The number of benzene rings is 1. The number of rotatable bonds is 5. The van der Waals surface area contributed by atoms with Crippen LogP contribution in [0, 0.1) is 6.92 Å². The summed E-state index contributed by atoms with van der Waals surface area (Å²) in [4.78, 5) is 38.2. The average Bonchev–Trinajstić information content (AvgIpc) is 3.19. The molecule has 5 rings (SSSR count). The maximum Gasteiger partial charge on any atom is 0.269 e. The molecule has 0 radical (unpaired) electrons. The molecule has 1 aromatic carbocycles. The lowest BCUT2D eigenvalue weighted by Crippen LogP contribution is -2.24. The predicted molar refractivity (Wildman–Crippen MR) is 135 cm³/mol. The summed E-state index contributed by atoms with van der Waals surface area (Å²) in [6, 6.07) is 11.0. The number of hydrogen-bond donors (Lipinski definition) is 0. The standard InChI is InChI=1S/C25H22ClN3O2S2/c1-14-7-9-16(10-8-14)22(30)15(2)32-25-28-23-21(18-5-3-4-6-19(18)33-23)24(31)29(25)20-12-11-17(26)13-27-20/h7-13,15H,3-6H2,1-2H3. The maximum absolute atomic E-state index is 13.8. The molecule has 1 unspecified atom stereocenters. The smallest absolute Gasteiger partial charge is 0.269 e. The number of carbonyl (C=O) groups excluding carboxylic acids is 1. The van der Waals surface area contributed by atoms with E-state index in [0.717, 1.165) is 41.6 Å². The van der Waals surface area contributed by atoms with Crippen molar-refractivity contribution in [1.29, 1.82) is 0 Å². The molecule has 0 amide bonds. The highest BCUT2D eigenvalue weighted by Gasteiger charge is 2.25. The number of halogens is 1. The quantitative estimate of drug-likeness (QED) is 0.192. The minimum Gasteiger partial charge on any atom is -0.293 e. The summed E-state index contributed by atoms with van der Waals surface area (Å²) in [5, 5.41) is 1.22. The Bertz CT molecular complexity index is 1410. The van der Waals surface area contributed by atoms with Crippen LogP contribution in [-0.4, -0.2) is 25.6 Å². The van der Waals surface area contributed by atoms with Crippen LogP contribution in [0.1, 0.15) is 46.1 Å². The monoisotopic (exact) mass is 495 g/mol. The van der Waals surface area contributed by atoms with Gasteiger partial charge in [0.15, 0.2) is 10.9 Å². The number of pyridine rings is 1. The summed E-state index contributed by atoms with van der Waals surface area (Å²) in [5.41, 5.74) is 2.74. The lowest BCUT2D eigenvalue weighted by atomic mass is 9.97. The first-order valence-corrected chi connectivity index (χ1v) is 13.0.